The third-order valence-corrected chi connectivity index (χ3v) is 2.91. The van der Waals surface area contributed by atoms with Gasteiger partial charge in [-0.05, 0) is 37.7 Å². The second-order valence-corrected chi connectivity index (χ2v) is 4.47. The number of carbonyl (C=O) groups is 1. The molecule has 0 aliphatic carbocycles. The van der Waals surface area contributed by atoms with E-state index in [1.807, 2.05) is 0 Å². The maximum atomic E-state index is 13.4. The standard InChI is InChI=1S/C14H22FN3O/c1-3-8-18(4-2)9-7-14(19)17-13-10-11(16)5-6-12(13)15/h5-6,10H,3-4,7-9,16H2,1-2H3,(H,17,19). The molecule has 106 valence electrons. The predicted molar refractivity (Wildman–Crippen MR) is 76.5 cm³/mol. The van der Waals surface area contributed by atoms with Gasteiger partial charge in [0.15, 0.2) is 0 Å². The Kier molecular flexibility index (Phi) is 6.29. The molecule has 0 saturated heterocycles. The van der Waals surface area contributed by atoms with Gasteiger partial charge >= 0.3 is 0 Å². The highest BCUT2D eigenvalue weighted by Gasteiger charge is 2.09. The van der Waals surface area contributed by atoms with Crippen molar-refractivity contribution in [1.29, 1.82) is 0 Å². The molecular formula is C14H22FN3O. The van der Waals surface area contributed by atoms with Crippen molar-refractivity contribution >= 4 is 17.3 Å². The van der Waals surface area contributed by atoms with Gasteiger partial charge in [-0.3, -0.25) is 4.79 Å². The zero-order valence-corrected chi connectivity index (χ0v) is 11.6. The Balaban J connectivity index is 2.48. The van der Waals surface area contributed by atoms with Crippen molar-refractivity contribution in [3.05, 3.63) is 24.0 Å². The van der Waals surface area contributed by atoms with E-state index in [4.69, 9.17) is 5.73 Å². The van der Waals surface area contributed by atoms with Crippen LogP contribution >= 0.6 is 0 Å². The number of amides is 1. The lowest BCUT2D eigenvalue weighted by Crippen LogP contribution is -2.28. The van der Waals surface area contributed by atoms with Gasteiger partial charge in [0.2, 0.25) is 5.91 Å². The molecule has 0 aromatic heterocycles. The van der Waals surface area contributed by atoms with Gasteiger partial charge in [0, 0.05) is 18.7 Å². The fraction of sp³-hybridized carbons (Fsp3) is 0.500. The Morgan fingerprint density at radius 1 is 1.37 bits per heavy atom. The lowest BCUT2D eigenvalue weighted by Gasteiger charge is -2.19. The molecule has 3 N–H and O–H groups in total. The zero-order chi connectivity index (χ0) is 14.3. The van der Waals surface area contributed by atoms with Crippen LogP contribution in [0.1, 0.15) is 26.7 Å². The maximum Gasteiger partial charge on any atom is 0.225 e. The lowest BCUT2D eigenvalue weighted by molar-refractivity contribution is -0.116. The summed E-state index contributed by atoms with van der Waals surface area (Å²) >= 11 is 0. The summed E-state index contributed by atoms with van der Waals surface area (Å²) in [6, 6.07) is 4.14. The second-order valence-electron chi connectivity index (χ2n) is 4.47. The van der Waals surface area contributed by atoms with Crippen LogP contribution in [0.3, 0.4) is 0 Å². The Hall–Kier alpha value is -1.62. The van der Waals surface area contributed by atoms with Crippen molar-refractivity contribution in [2.24, 2.45) is 0 Å². The summed E-state index contributed by atoms with van der Waals surface area (Å²) in [6.07, 6.45) is 1.40. The molecule has 1 rings (SSSR count). The molecule has 0 atom stereocenters. The van der Waals surface area contributed by atoms with E-state index in [0.29, 0.717) is 18.7 Å². The number of anilines is 2. The first-order valence-corrected chi connectivity index (χ1v) is 6.64. The van der Waals surface area contributed by atoms with Crippen LogP contribution in [0.4, 0.5) is 15.8 Å². The van der Waals surface area contributed by atoms with Gasteiger partial charge < -0.3 is 16.0 Å². The Morgan fingerprint density at radius 2 is 2.11 bits per heavy atom. The molecular weight excluding hydrogens is 245 g/mol. The minimum Gasteiger partial charge on any atom is -0.399 e. The summed E-state index contributed by atoms with van der Waals surface area (Å²) in [4.78, 5) is 13.9. The number of hydrogen-bond donors (Lipinski definition) is 2. The highest BCUT2D eigenvalue weighted by molar-refractivity contribution is 5.91. The molecule has 0 unspecified atom stereocenters. The molecule has 0 fully saturated rings. The molecule has 0 spiro atoms. The number of nitrogen functional groups attached to an aromatic ring is 1. The summed E-state index contributed by atoms with van der Waals surface area (Å²) in [5.74, 6) is -0.664. The maximum absolute atomic E-state index is 13.4. The SMILES string of the molecule is CCCN(CC)CCC(=O)Nc1cc(N)ccc1F. The minimum atomic E-state index is -0.469. The minimum absolute atomic E-state index is 0.142. The predicted octanol–water partition coefficient (Wildman–Crippen LogP) is 2.47. The van der Waals surface area contributed by atoms with Crippen molar-refractivity contribution in [3.8, 4) is 0 Å². The molecule has 19 heavy (non-hydrogen) atoms. The van der Waals surface area contributed by atoms with Gasteiger partial charge in [-0.1, -0.05) is 13.8 Å². The Bertz CT molecular complexity index is 423. The van der Waals surface area contributed by atoms with Crippen molar-refractivity contribution in [2.45, 2.75) is 26.7 Å². The van der Waals surface area contributed by atoms with Crippen LogP contribution in [-0.2, 0) is 4.79 Å². The number of nitrogens with two attached hydrogens (primary N) is 1. The van der Waals surface area contributed by atoms with E-state index in [2.05, 4.69) is 24.1 Å². The fourth-order valence-electron chi connectivity index (χ4n) is 1.86. The number of nitrogens with one attached hydrogen (secondary N) is 1. The summed E-state index contributed by atoms with van der Waals surface area (Å²) in [7, 11) is 0. The van der Waals surface area contributed by atoms with Gasteiger partial charge in [0.25, 0.3) is 0 Å². The lowest BCUT2D eigenvalue weighted by atomic mass is 10.2. The van der Waals surface area contributed by atoms with Gasteiger partial charge in [0.05, 0.1) is 5.69 Å². The van der Waals surface area contributed by atoms with E-state index >= 15 is 0 Å². The Labute approximate surface area is 113 Å². The molecule has 1 amide bonds. The summed E-state index contributed by atoms with van der Waals surface area (Å²) in [5, 5.41) is 2.55. The fourth-order valence-corrected chi connectivity index (χ4v) is 1.86. The monoisotopic (exact) mass is 267 g/mol. The molecule has 5 heteroatoms. The normalized spacial score (nSPS) is 10.7. The van der Waals surface area contributed by atoms with E-state index < -0.39 is 5.82 Å². The molecule has 0 aliphatic rings. The number of carbonyl (C=O) groups excluding carboxylic acids is 1. The van der Waals surface area contributed by atoms with Gasteiger partial charge in [-0.2, -0.15) is 0 Å². The van der Waals surface area contributed by atoms with Crippen LogP contribution in [0.15, 0.2) is 18.2 Å². The molecule has 0 aliphatic heterocycles. The van der Waals surface area contributed by atoms with E-state index in [1.54, 1.807) is 0 Å². The van der Waals surface area contributed by atoms with Gasteiger partial charge in [0.1, 0.15) is 5.82 Å². The summed E-state index contributed by atoms with van der Waals surface area (Å²) < 4.78 is 13.4. The average Bonchev–Trinajstić information content (AvgIpc) is 2.39. The van der Waals surface area contributed by atoms with E-state index in [1.165, 1.54) is 18.2 Å². The first-order valence-electron chi connectivity index (χ1n) is 6.64. The highest BCUT2D eigenvalue weighted by Crippen LogP contribution is 2.17. The number of benzene rings is 1. The van der Waals surface area contributed by atoms with Gasteiger partial charge in [-0.25, -0.2) is 4.39 Å². The zero-order valence-electron chi connectivity index (χ0n) is 11.6. The number of halogens is 1. The van der Waals surface area contributed by atoms with Crippen LogP contribution < -0.4 is 11.1 Å². The van der Waals surface area contributed by atoms with E-state index in [0.717, 1.165) is 19.5 Å². The summed E-state index contributed by atoms with van der Waals surface area (Å²) in [6.45, 7) is 6.72. The topological polar surface area (TPSA) is 58.4 Å². The quantitative estimate of drug-likeness (QED) is 0.746. The largest absolute Gasteiger partial charge is 0.399 e. The molecule has 0 heterocycles. The second kappa shape index (κ2) is 7.74. The summed E-state index contributed by atoms with van der Waals surface area (Å²) in [5.41, 5.74) is 6.13. The smallest absolute Gasteiger partial charge is 0.225 e. The van der Waals surface area contributed by atoms with Crippen molar-refractivity contribution in [2.75, 3.05) is 30.7 Å². The molecule has 1 aromatic rings. The van der Waals surface area contributed by atoms with Crippen LogP contribution in [0.2, 0.25) is 0 Å². The van der Waals surface area contributed by atoms with Gasteiger partial charge in [-0.15, -0.1) is 0 Å². The molecule has 0 saturated carbocycles. The molecule has 1 aromatic carbocycles. The van der Waals surface area contributed by atoms with Crippen LogP contribution in [0.5, 0.6) is 0 Å². The molecule has 0 radical (unpaired) electrons. The first kappa shape index (κ1) is 15.4. The molecule has 4 nitrogen and oxygen atoms in total. The highest BCUT2D eigenvalue weighted by atomic mass is 19.1. The van der Waals surface area contributed by atoms with Crippen LogP contribution in [-0.4, -0.2) is 30.4 Å². The number of nitrogens with zero attached hydrogens (tertiary/aromatic N) is 1. The van der Waals surface area contributed by atoms with E-state index in [-0.39, 0.29) is 11.6 Å². The van der Waals surface area contributed by atoms with Crippen LogP contribution in [0, 0.1) is 5.82 Å². The van der Waals surface area contributed by atoms with Crippen molar-refractivity contribution < 1.29 is 9.18 Å². The van der Waals surface area contributed by atoms with Crippen molar-refractivity contribution in [3.63, 3.8) is 0 Å². The third kappa shape index (κ3) is 5.26. The third-order valence-electron chi connectivity index (χ3n) is 2.91. The number of hydrogen-bond acceptors (Lipinski definition) is 3. The number of rotatable bonds is 7. The Morgan fingerprint density at radius 3 is 2.74 bits per heavy atom. The van der Waals surface area contributed by atoms with Crippen LogP contribution in [0.25, 0.3) is 0 Å². The van der Waals surface area contributed by atoms with E-state index in [9.17, 15) is 9.18 Å². The average molecular weight is 267 g/mol. The molecule has 0 bridgehead atoms. The first-order chi connectivity index (χ1) is 9.06. The van der Waals surface area contributed by atoms with Crippen molar-refractivity contribution in [1.82, 2.24) is 4.90 Å².